The van der Waals surface area contributed by atoms with Gasteiger partial charge in [0.15, 0.2) is 5.69 Å². The fraction of sp³-hybridized carbons (Fsp3) is 0.286. The highest BCUT2D eigenvalue weighted by atomic mass is 16.3. The number of rotatable bonds is 6. The van der Waals surface area contributed by atoms with Gasteiger partial charge in [0.25, 0.3) is 5.91 Å². The molecule has 0 saturated carbocycles. The van der Waals surface area contributed by atoms with Crippen LogP contribution in [-0.2, 0) is 6.54 Å². The van der Waals surface area contributed by atoms with E-state index in [0.29, 0.717) is 17.8 Å². The van der Waals surface area contributed by atoms with Crippen molar-refractivity contribution in [2.45, 2.75) is 39.7 Å². The fourth-order valence-corrected chi connectivity index (χ4v) is 3.05. The van der Waals surface area contributed by atoms with Crippen molar-refractivity contribution in [3.63, 3.8) is 0 Å². The van der Waals surface area contributed by atoms with Gasteiger partial charge in [0.05, 0.1) is 5.52 Å². The van der Waals surface area contributed by atoms with Crippen molar-refractivity contribution >= 4 is 22.5 Å². The first kappa shape index (κ1) is 17.9. The van der Waals surface area contributed by atoms with Crippen LogP contribution < -0.4 is 0 Å². The van der Waals surface area contributed by atoms with Gasteiger partial charge in [0.1, 0.15) is 0 Å². The molecule has 134 valence electrons. The molecule has 0 atom stereocenters. The van der Waals surface area contributed by atoms with Crippen molar-refractivity contribution in [2.75, 3.05) is 0 Å². The number of fused-ring (bicyclic) bond motifs is 1. The van der Waals surface area contributed by atoms with Gasteiger partial charge >= 0.3 is 0 Å². The Kier molecular flexibility index (Phi) is 5.46. The lowest BCUT2D eigenvalue weighted by molar-refractivity contribution is 0.0995. The van der Waals surface area contributed by atoms with E-state index >= 15 is 0 Å². The average Bonchev–Trinajstić information content (AvgIpc) is 2.91. The summed E-state index contributed by atoms with van der Waals surface area (Å²) in [6, 6.07) is 14.9. The number of aromatic hydroxyl groups is 1. The van der Waals surface area contributed by atoms with Gasteiger partial charge < -0.3 is 9.67 Å². The first-order valence-electron chi connectivity index (χ1n) is 8.94. The zero-order chi connectivity index (χ0) is 18.5. The molecule has 0 bridgehead atoms. The maximum absolute atomic E-state index is 12.3. The summed E-state index contributed by atoms with van der Waals surface area (Å²) in [5.41, 5.74) is 2.72. The molecular formula is C21H23N3O2. The average molecular weight is 349 g/mol. The zero-order valence-corrected chi connectivity index (χ0v) is 15.1. The third-order valence-corrected chi connectivity index (χ3v) is 4.41. The monoisotopic (exact) mass is 349 g/mol. The van der Waals surface area contributed by atoms with Crippen molar-refractivity contribution in [1.29, 1.82) is 0 Å². The molecule has 26 heavy (non-hydrogen) atoms. The molecule has 1 N–H and O–H groups in total. The maximum atomic E-state index is 12.3. The van der Waals surface area contributed by atoms with Crippen LogP contribution in [-0.4, -0.2) is 15.6 Å². The van der Waals surface area contributed by atoms with E-state index in [1.165, 1.54) is 0 Å². The van der Waals surface area contributed by atoms with E-state index in [1.807, 2.05) is 47.9 Å². The van der Waals surface area contributed by atoms with Crippen molar-refractivity contribution in [2.24, 2.45) is 10.2 Å². The number of nitrogens with zero attached hydrogens (tertiary/aromatic N) is 3. The summed E-state index contributed by atoms with van der Waals surface area (Å²) < 4.78 is 1.84. The van der Waals surface area contributed by atoms with E-state index in [4.69, 9.17) is 0 Å². The third kappa shape index (κ3) is 3.67. The van der Waals surface area contributed by atoms with E-state index < -0.39 is 5.91 Å². The molecule has 2 aromatic carbocycles. The Balaban J connectivity index is 1.94. The summed E-state index contributed by atoms with van der Waals surface area (Å²) in [5, 5.41) is 19.4. The number of azo groups is 1. The van der Waals surface area contributed by atoms with Crippen LogP contribution in [0.5, 0.6) is 5.88 Å². The van der Waals surface area contributed by atoms with Crippen LogP contribution in [0.4, 0.5) is 5.69 Å². The van der Waals surface area contributed by atoms with Crippen LogP contribution in [0.2, 0.25) is 0 Å². The summed E-state index contributed by atoms with van der Waals surface area (Å²) in [5.74, 6) is -0.362. The van der Waals surface area contributed by atoms with Crippen LogP contribution in [0.25, 0.3) is 10.9 Å². The summed E-state index contributed by atoms with van der Waals surface area (Å²) >= 11 is 0. The molecule has 5 heteroatoms. The Labute approximate surface area is 153 Å². The van der Waals surface area contributed by atoms with Gasteiger partial charge in [0.2, 0.25) is 5.88 Å². The molecule has 0 aliphatic heterocycles. The van der Waals surface area contributed by atoms with Crippen molar-refractivity contribution < 1.29 is 9.90 Å². The Morgan fingerprint density at radius 1 is 1.12 bits per heavy atom. The third-order valence-electron chi connectivity index (χ3n) is 4.41. The number of hydrogen-bond donors (Lipinski definition) is 1. The zero-order valence-electron chi connectivity index (χ0n) is 15.1. The maximum Gasteiger partial charge on any atom is 0.295 e. The molecule has 1 amide bonds. The lowest BCUT2D eigenvalue weighted by atomic mass is 10.1. The molecule has 0 saturated heterocycles. The van der Waals surface area contributed by atoms with Crippen LogP contribution in [0.15, 0.2) is 58.8 Å². The van der Waals surface area contributed by atoms with Gasteiger partial charge in [-0.15, -0.1) is 10.2 Å². The molecule has 0 aliphatic carbocycles. The minimum Gasteiger partial charge on any atom is -0.493 e. The number of benzene rings is 2. The van der Waals surface area contributed by atoms with Crippen LogP contribution in [0.3, 0.4) is 0 Å². The molecule has 0 unspecified atom stereocenters. The van der Waals surface area contributed by atoms with Crippen molar-refractivity contribution in [3.8, 4) is 5.88 Å². The predicted octanol–water partition coefficient (Wildman–Crippen LogP) is 5.77. The Hall–Kier alpha value is -2.95. The highest BCUT2D eigenvalue weighted by Gasteiger charge is 2.16. The smallest absolute Gasteiger partial charge is 0.295 e. The SMILES string of the molecule is CCCCCn1c(O)c(N=NC(=O)c2cccc(C)c2)c2ccccc21. The largest absolute Gasteiger partial charge is 0.493 e. The fourth-order valence-electron chi connectivity index (χ4n) is 3.05. The van der Waals surface area contributed by atoms with Crippen LogP contribution in [0, 0.1) is 6.92 Å². The molecule has 3 rings (SSSR count). The number of aromatic nitrogens is 1. The highest BCUT2D eigenvalue weighted by Crippen LogP contribution is 2.39. The molecule has 5 nitrogen and oxygen atoms in total. The molecule has 0 spiro atoms. The molecule has 3 aromatic rings. The van der Waals surface area contributed by atoms with E-state index in [0.717, 1.165) is 35.7 Å². The Bertz CT molecular complexity index is 957. The number of hydrogen-bond acceptors (Lipinski definition) is 3. The molecule has 1 aromatic heterocycles. The second-order valence-corrected chi connectivity index (χ2v) is 6.42. The van der Waals surface area contributed by atoms with Gasteiger partial charge in [0, 0.05) is 17.5 Å². The van der Waals surface area contributed by atoms with Crippen molar-refractivity contribution in [3.05, 3.63) is 59.7 Å². The minimum atomic E-state index is -0.420. The molecule has 1 heterocycles. The second-order valence-electron chi connectivity index (χ2n) is 6.42. The Morgan fingerprint density at radius 3 is 2.69 bits per heavy atom. The quantitative estimate of drug-likeness (QED) is 0.453. The minimum absolute atomic E-state index is 0.0584. The predicted molar refractivity (Wildman–Crippen MR) is 103 cm³/mol. The van der Waals surface area contributed by atoms with E-state index in [2.05, 4.69) is 17.2 Å². The van der Waals surface area contributed by atoms with E-state index in [-0.39, 0.29) is 5.88 Å². The highest BCUT2D eigenvalue weighted by molar-refractivity contribution is 5.97. The number of carbonyl (C=O) groups excluding carboxylic acids is 1. The normalized spacial score (nSPS) is 11.5. The number of unbranched alkanes of at least 4 members (excludes halogenated alkanes) is 2. The molecule has 0 radical (unpaired) electrons. The first-order chi connectivity index (χ1) is 12.6. The van der Waals surface area contributed by atoms with E-state index in [1.54, 1.807) is 12.1 Å². The van der Waals surface area contributed by atoms with Crippen LogP contribution >= 0.6 is 0 Å². The van der Waals surface area contributed by atoms with Gasteiger partial charge in [-0.05, 0) is 31.5 Å². The molecular weight excluding hydrogens is 326 g/mol. The summed E-state index contributed by atoms with van der Waals surface area (Å²) in [6.45, 7) is 4.77. The Morgan fingerprint density at radius 2 is 1.92 bits per heavy atom. The first-order valence-corrected chi connectivity index (χ1v) is 8.94. The van der Waals surface area contributed by atoms with Gasteiger partial charge in [-0.25, -0.2) is 0 Å². The standard InChI is InChI=1S/C21H23N3O2/c1-3-4-7-13-24-18-12-6-5-11-17(18)19(21(24)26)22-23-20(25)16-10-8-9-15(2)14-16/h5-6,8-12,14,26H,3-4,7,13H2,1-2H3. The summed E-state index contributed by atoms with van der Waals surface area (Å²) in [4.78, 5) is 12.3. The number of amides is 1. The topological polar surface area (TPSA) is 66.9 Å². The molecule has 0 aliphatic rings. The van der Waals surface area contributed by atoms with E-state index in [9.17, 15) is 9.90 Å². The van der Waals surface area contributed by atoms with Crippen LogP contribution in [0.1, 0.15) is 42.1 Å². The molecule has 0 fully saturated rings. The lowest BCUT2D eigenvalue weighted by Crippen LogP contribution is -1.96. The summed E-state index contributed by atoms with van der Waals surface area (Å²) in [6.07, 6.45) is 3.17. The van der Waals surface area contributed by atoms with Gasteiger partial charge in [-0.3, -0.25) is 4.79 Å². The van der Waals surface area contributed by atoms with Crippen molar-refractivity contribution in [1.82, 2.24) is 4.57 Å². The number of para-hydroxylation sites is 1. The van der Waals surface area contributed by atoms with Gasteiger partial charge in [-0.2, -0.15) is 0 Å². The van der Waals surface area contributed by atoms with Gasteiger partial charge in [-0.1, -0.05) is 55.7 Å². The second kappa shape index (κ2) is 7.95. The lowest BCUT2D eigenvalue weighted by Gasteiger charge is -2.05. The number of carbonyl (C=O) groups is 1. The number of aryl methyl sites for hydroxylation is 2. The summed E-state index contributed by atoms with van der Waals surface area (Å²) in [7, 11) is 0.